The number of nitrogens with zero attached hydrogens (tertiary/aromatic N) is 3. The van der Waals surface area contributed by atoms with Crippen LogP contribution in [0, 0.1) is 6.92 Å². The van der Waals surface area contributed by atoms with E-state index < -0.39 is 12.1 Å². The fraction of sp³-hybridized carbons (Fsp3) is 0.438. The topological polar surface area (TPSA) is 117 Å². The number of aromatic nitrogens is 2. The van der Waals surface area contributed by atoms with Crippen LogP contribution in [0.5, 0.6) is 5.75 Å². The number of hydrogen-bond acceptors (Lipinski definition) is 7. The van der Waals surface area contributed by atoms with Crippen LogP contribution in [0.15, 0.2) is 54.7 Å². The summed E-state index contributed by atoms with van der Waals surface area (Å²) in [6.07, 6.45) is 2.82. The molecular weight excluding hydrogens is 518 g/mol. The zero-order valence-corrected chi connectivity index (χ0v) is 24.4. The van der Waals surface area contributed by atoms with E-state index in [1.54, 1.807) is 30.2 Å². The number of pyridine rings is 2. The van der Waals surface area contributed by atoms with Gasteiger partial charge in [-0.25, -0.2) is 4.98 Å². The zero-order chi connectivity index (χ0) is 29.4. The van der Waals surface area contributed by atoms with Gasteiger partial charge >= 0.3 is 0 Å². The molecule has 0 aliphatic carbocycles. The Balaban J connectivity index is 1.57. The third-order valence-electron chi connectivity index (χ3n) is 7.21. The molecule has 3 aromatic rings. The Morgan fingerprint density at radius 2 is 2.02 bits per heavy atom. The van der Waals surface area contributed by atoms with Crippen molar-refractivity contribution in [3.05, 3.63) is 82.8 Å². The minimum Gasteiger partial charge on any atom is -0.494 e. The van der Waals surface area contributed by atoms with Crippen molar-refractivity contribution in [1.82, 2.24) is 20.6 Å². The maximum atomic E-state index is 13.5. The Labute approximate surface area is 242 Å². The molecule has 1 aliphatic heterocycles. The van der Waals surface area contributed by atoms with Gasteiger partial charge in [-0.1, -0.05) is 26.0 Å². The highest BCUT2D eigenvalue weighted by atomic mass is 16.5. The largest absolute Gasteiger partial charge is 0.494 e. The summed E-state index contributed by atoms with van der Waals surface area (Å²) in [5, 5.41) is 17.6. The maximum Gasteiger partial charge on any atom is 0.251 e. The van der Waals surface area contributed by atoms with Crippen LogP contribution < -0.4 is 20.3 Å². The molecule has 2 amide bonds. The molecule has 1 aromatic carbocycles. The number of ether oxygens (including phenoxy) is 1. The first-order valence-corrected chi connectivity index (χ1v) is 14.3. The summed E-state index contributed by atoms with van der Waals surface area (Å²) in [5.74, 6) is 1.09. The molecule has 3 heterocycles. The Bertz CT molecular complexity index is 1350. The van der Waals surface area contributed by atoms with Gasteiger partial charge in [0.25, 0.3) is 5.91 Å². The number of fused-ring (bicyclic) bond motifs is 4. The first-order chi connectivity index (χ1) is 19.7. The van der Waals surface area contributed by atoms with Crippen LogP contribution in [0.2, 0.25) is 0 Å². The first kappa shape index (κ1) is 30.1. The second kappa shape index (κ2) is 14.2. The molecule has 0 saturated heterocycles. The number of aryl methyl sites for hydroxylation is 1. The quantitative estimate of drug-likeness (QED) is 0.419. The Hall–Kier alpha value is -3.82. The van der Waals surface area contributed by atoms with Crippen molar-refractivity contribution in [1.29, 1.82) is 0 Å². The maximum absolute atomic E-state index is 13.5. The second-order valence-corrected chi connectivity index (χ2v) is 10.9. The van der Waals surface area contributed by atoms with Crippen LogP contribution in [-0.2, 0) is 17.8 Å². The predicted molar refractivity (Wildman–Crippen MR) is 159 cm³/mol. The molecule has 9 nitrogen and oxygen atoms in total. The summed E-state index contributed by atoms with van der Waals surface area (Å²) in [5.41, 5.74) is 4.07. The van der Waals surface area contributed by atoms with E-state index >= 15 is 0 Å². The molecule has 2 atom stereocenters. The highest BCUT2D eigenvalue weighted by Crippen LogP contribution is 2.20. The molecule has 4 rings (SSSR count). The van der Waals surface area contributed by atoms with E-state index in [1.807, 2.05) is 30.3 Å². The number of rotatable bonds is 6. The van der Waals surface area contributed by atoms with E-state index in [0.29, 0.717) is 49.1 Å². The van der Waals surface area contributed by atoms with Gasteiger partial charge in [0, 0.05) is 44.0 Å². The average molecular weight is 560 g/mol. The van der Waals surface area contributed by atoms with Crippen LogP contribution in [-0.4, -0.2) is 58.7 Å². The van der Waals surface area contributed by atoms with Crippen molar-refractivity contribution in [3.8, 4) is 5.75 Å². The van der Waals surface area contributed by atoms with Crippen molar-refractivity contribution in [3.63, 3.8) is 0 Å². The van der Waals surface area contributed by atoms with Gasteiger partial charge in [0.1, 0.15) is 11.6 Å². The SMILES string of the molecule is CC(=O)N1CCCCOc2cccc(c2)C[C@@H]([C@H](O)CNCc2cc(C(C)C)ccn2)NC(=O)c2cc(C)nc1c2. The van der Waals surface area contributed by atoms with Gasteiger partial charge in [0.05, 0.1) is 24.4 Å². The summed E-state index contributed by atoms with van der Waals surface area (Å²) in [4.78, 5) is 36.6. The Kier molecular flexibility index (Phi) is 10.4. The second-order valence-electron chi connectivity index (χ2n) is 10.9. The molecule has 9 heteroatoms. The molecular formula is C32H41N5O4. The molecule has 41 heavy (non-hydrogen) atoms. The van der Waals surface area contributed by atoms with E-state index in [1.165, 1.54) is 12.5 Å². The number of benzene rings is 1. The van der Waals surface area contributed by atoms with Gasteiger partial charge in [0.15, 0.2) is 0 Å². The lowest BCUT2D eigenvalue weighted by atomic mass is 10.00. The number of carbonyl (C=O) groups excluding carboxylic acids is 2. The molecule has 0 spiro atoms. The van der Waals surface area contributed by atoms with E-state index in [2.05, 4.69) is 40.5 Å². The molecule has 0 radical (unpaired) electrons. The van der Waals surface area contributed by atoms with Crippen molar-refractivity contribution >= 4 is 17.6 Å². The summed E-state index contributed by atoms with van der Waals surface area (Å²) < 4.78 is 5.97. The molecule has 3 N–H and O–H groups in total. The van der Waals surface area contributed by atoms with Crippen molar-refractivity contribution in [2.75, 3.05) is 24.6 Å². The minimum absolute atomic E-state index is 0.142. The Morgan fingerprint density at radius 3 is 2.80 bits per heavy atom. The number of carbonyl (C=O) groups is 2. The van der Waals surface area contributed by atoms with Crippen LogP contribution in [0.4, 0.5) is 5.82 Å². The van der Waals surface area contributed by atoms with Gasteiger partial charge in [-0.05, 0) is 79.6 Å². The van der Waals surface area contributed by atoms with Gasteiger partial charge in [-0.3, -0.25) is 19.5 Å². The monoisotopic (exact) mass is 559 g/mol. The minimum atomic E-state index is -0.883. The third kappa shape index (κ3) is 8.58. The number of amides is 2. The van der Waals surface area contributed by atoms with Crippen molar-refractivity contribution in [2.24, 2.45) is 0 Å². The number of nitrogens with one attached hydrogen (secondary N) is 2. The van der Waals surface area contributed by atoms with E-state index in [9.17, 15) is 14.7 Å². The van der Waals surface area contributed by atoms with Gasteiger partial charge in [-0.2, -0.15) is 0 Å². The number of aliphatic hydroxyl groups excluding tert-OH is 1. The van der Waals surface area contributed by atoms with Crippen LogP contribution in [0.3, 0.4) is 0 Å². The fourth-order valence-electron chi connectivity index (χ4n) is 4.91. The van der Waals surface area contributed by atoms with E-state index in [-0.39, 0.29) is 18.4 Å². The summed E-state index contributed by atoms with van der Waals surface area (Å²) in [7, 11) is 0. The van der Waals surface area contributed by atoms with Gasteiger partial charge < -0.3 is 20.5 Å². The zero-order valence-electron chi connectivity index (χ0n) is 24.4. The smallest absolute Gasteiger partial charge is 0.251 e. The normalized spacial score (nSPS) is 17.1. The average Bonchev–Trinajstić information content (AvgIpc) is 2.93. The predicted octanol–water partition coefficient (Wildman–Crippen LogP) is 3.93. The molecule has 2 aromatic heterocycles. The van der Waals surface area contributed by atoms with E-state index in [0.717, 1.165) is 29.8 Å². The van der Waals surface area contributed by atoms with Crippen molar-refractivity contribution < 1.29 is 19.4 Å². The lowest BCUT2D eigenvalue weighted by molar-refractivity contribution is -0.116. The van der Waals surface area contributed by atoms with Gasteiger partial charge in [0.2, 0.25) is 5.91 Å². The summed E-state index contributed by atoms with van der Waals surface area (Å²) >= 11 is 0. The molecule has 4 bridgehead atoms. The lowest BCUT2D eigenvalue weighted by Gasteiger charge is -2.26. The van der Waals surface area contributed by atoms with E-state index in [4.69, 9.17) is 4.74 Å². The highest BCUT2D eigenvalue weighted by Gasteiger charge is 2.24. The summed E-state index contributed by atoms with van der Waals surface area (Å²) in [6.45, 7) is 9.31. The molecule has 218 valence electrons. The van der Waals surface area contributed by atoms with Crippen LogP contribution >= 0.6 is 0 Å². The standard InChI is InChI=1S/C32H41N5O4/c1-21(2)25-10-11-34-27(17-25)19-33-20-30(39)29-16-24-8-7-9-28(15-24)41-13-6-5-12-37(23(4)38)31-18-26(32(40)36-29)14-22(3)35-31/h7-11,14-15,17-18,21,29-30,33,39H,5-6,12-13,16,19-20H2,1-4H3,(H,36,40)/t29-,30+/m0/s1. The number of aliphatic hydroxyl groups is 1. The molecule has 0 unspecified atom stereocenters. The number of hydrogen-bond donors (Lipinski definition) is 3. The highest BCUT2D eigenvalue weighted by molar-refractivity contribution is 5.97. The third-order valence-corrected chi connectivity index (χ3v) is 7.21. The van der Waals surface area contributed by atoms with Gasteiger partial charge in [-0.15, -0.1) is 0 Å². The summed E-state index contributed by atoms with van der Waals surface area (Å²) in [6, 6.07) is 14.6. The first-order valence-electron chi connectivity index (χ1n) is 14.3. The van der Waals surface area contributed by atoms with Crippen molar-refractivity contribution in [2.45, 2.75) is 71.6 Å². The molecule has 0 fully saturated rings. The lowest BCUT2D eigenvalue weighted by Crippen LogP contribution is -2.48. The Morgan fingerprint density at radius 1 is 1.20 bits per heavy atom. The van der Waals surface area contributed by atoms with Crippen LogP contribution in [0.1, 0.15) is 72.4 Å². The fourth-order valence-corrected chi connectivity index (χ4v) is 4.91. The number of anilines is 1. The van der Waals surface area contributed by atoms with Crippen LogP contribution in [0.25, 0.3) is 0 Å². The molecule has 1 aliphatic rings. The molecule has 0 saturated carbocycles.